The van der Waals surface area contributed by atoms with Gasteiger partial charge in [-0.1, -0.05) is 31.9 Å². The lowest BCUT2D eigenvalue weighted by atomic mass is 10.1. The molecule has 1 atom stereocenters. The van der Waals surface area contributed by atoms with Crippen molar-refractivity contribution in [2.75, 3.05) is 16.6 Å². The van der Waals surface area contributed by atoms with Gasteiger partial charge in [-0.2, -0.15) is 0 Å². The molecule has 0 spiro atoms. The standard InChI is InChI=1S/C17H23N3O3S/c1-4-16(13(2)3)19-17(21)18-12-14-7-5-8-15(11-14)20-9-6-10-24(20,22)23/h1,5,7-8,11,13,16H,6,9-10,12H2,2-3H3,(H2,18,19,21)/t16-/m1/s1. The second-order valence-electron chi connectivity index (χ2n) is 6.13. The summed E-state index contributed by atoms with van der Waals surface area (Å²) >= 11 is 0. The number of carbonyl (C=O) groups is 1. The molecule has 24 heavy (non-hydrogen) atoms. The van der Waals surface area contributed by atoms with Crippen LogP contribution in [0.15, 0.2) is 24.3 Å². The van der Waals surface area contributed by atoms with Gasteiger partial charge >= 0.3 is 6.03 Å². The summed E-state index contributed by atoms with van der Waals surface area (Å²) in [4.78, 5) is 11.9. The molecule has 1 aliphatic rings. The SMILES string of the molecule is C#C[C@@H](NC(=O)NCc1cccc(N2CCCS2(=O)=O)c1)C(C)C. The van der Waals surface area contributed by atoms with Gasteiger partial charge in [-0.05, 0) is 30.0 Å². The summed E-state index contributed by atoms with van der Waals surface area (Å²) < 4.78 is 25.4. The number of hydrogen-bond acceptors (Lipinski definition) is 3. The van der Waals surface area contributed by atoms with Crippen molar-refractivity contribution in [2.45, 2.75) is 32.9 Å². The number of rotatable bonds is 5. The predicted octanol–water partition coefficient (Wildman–Crippen LogP) is 1.68. The van der Waals surface area contributed by atoms with E-state index in [0.29, 0.717) is 25.2 Å². The smallest absolute Gasteiger partial charge is 0.316 e. The van der Waals surface area contributed by atoms with Crippen molar-refractivity contribution >= 4 is 21.7 Å². The molecule has 7 heteroatoms. The van der Waals surface area contributed by atoms with Gasteiger partial charge in [0.15, 0.2) is 0 Å². The average Bonchev–Trinajstić information content (AvgIpc) is 2.90. The molecule has 0 aromatic heterocycles. The Hall–Kier alpha value is -2.20. The minimum Gasteiger partial charge on any atom is -0.334 e. The highest BCUT2D eigenvalue weighted by Gasteiger charge is 2.28. The fourth-order valence-corrected chi connectivity index (χ4v) is 4.08. The Morgan fingerprint density at radius 1 is 1.42 bits per heavy atom. The number of nitrogens with zero attached hydrogens (tertiary/aromatic N) is 1. The van der Waals surface area contributed by atoms with Crippen molar-refractivity contribution < 1.29 is 13.2 Å². The van der Waals surface area contributed by atoms with E-state index in [2.05, 4.69) is 16.6 Å². The van der Waals surface area contributed by atoms with E-state index in [-0.39, 0.29) is 23.7 Å². The molecular formula is C17H23N3O3S. The third-order valence-electron chi connectivity index (χ3n) is 3.88. The van der Waals surface area contributed by atoms with E-state index in [9.17, 15) is 13.2 Å². The van der Waals surface area contributed by atoms with Crippen LogP contribution in [0, 0.1) is 18.3 Å². The summed E-state index contributed by atoms with van der Waals surface area (Å²) in [5.41, 5.74) is 1.46. The van der Waals surface area contributed by atoms with E-state index in [4.69, 9.17) is 6.42 Å². The topological polar surface area (TPSA) is 78.5 Å². The number of anilines is 1. The van der Waals surface area contributed by atoms with E-state index in [1.807, 2.05) is 19.9 Å². The zero-order chi connectivity index (χ0) is 17.7. The molecule has 2 amide bonds. The molecule has 0 unspecified atom stereocenters. The minimum absolute atomic E-state index is 0.143. The molecule has 1 saturated heterocycles. The van der Waals surface area contributed by atoms with Crippen LogP contribution in [0.2, 0.25) is 0 Å². The number of terminal acetylenes is 1. The van der Waals surface area contributed by atoms with Gasteiger partial charge < -0.3 is 10.6 Å². The first-order chi connectivity index (χ1) is 11.3. The monoisotopic (exact) mass is 349 g/mol. The Balaban J connectivity index is 1.98. The van der Waals surface area contributed by atoms with Crippen LogP contribution in [-0.4, -0.2) is 32.8 Å². The molecule has 0 radical (unpaired) electrons. The van der Waals surface area contributed by atoms with Crippen LogP contribution < -0.4 is 14.9 Å². The molecule has 0 aliphatic carbocycles. The average molecular weight is 349 g/mol. The van der Waals surface area contributed by atoms with Crippen molar-refractivity contribution in [2.24, 2.45) is 5.92 Å². The maximum absolute atomic E-state index is 12.0. The zero-order valence-electron chi connectivity index (χ0n) is 14.0. The summed E-state index contributed by atoms with van der Waals surface area (Å²) in [6.07, 6.45) is 6.02. The molecule has 2 N–H and O–H groups in total. The van der Waals surface area contributed by atoms with Gasteiger partial charge in [0.1, 0.15) is 0 Å². The molecule has 1 fully saturated rings. The maximum atomic E-state index is 12.0. The number of sulfonamides is 1. The molecule has 1 aliphatic heterocycles. The first-order valence-electron chi connectivity index (χ1n) is 7.93. The van der Waals surface area contributed by atoms with E-state index in [1.54, 1.807) is 18.2 Å². The Morgan fingerprint density at radius 3 is 2.75 bits per heavy atom. The zero-order valence-corrected chi connectivity index (χ0v) is 14.8. The highest BCUT2D eigenvalue weighted by molar-refractivity contribution is 7.93. The second kappa shape index (κ2) is 7.58. The summed E-state index contributed by atoms with van der Waals surface area (Å²) in [7, 11) is -3.21. The molecule has 0 bridgehead atoms. The number of carbonyl (C=O) groups excluding carboxylic acids is 1. The third kappa shape index (κ3) is 4.42. The van der Waals surface area contributed by atoms with Gasteiger partial charge in [-0.15, -0.1) is 6.42 Å². The molecule has 1 aromatic rings. The Labute approximate surface area is 143 Å². The van der Waals surface area contributed by atoms with Gasteiger partial charge in [0, 0.05) is 13.1 Å². The van der Waals surface area contributed by atoms with Crippen molar-refractivity contribution in [1.29, 1.82) is 0 Å². The van der Waals surface area contributed by atoms with Crippen LogP contribution in [0.3, 0.4) is 0 Å². The number of benzene rings is 1. The molecular weight excluding hydrogens is 326 g/mol. The quantitative estimate of drug-likeness (QED) is 0.794. The number of hydrogen-bond donors (Lipinski definition) is 2. The largest absolute Gasteiger partial charge is 0.334 e. The summed E-state index contributed by atoms with van der Waals surface area (Å²) in [5.74, 6) is 2.86. The van der Waals surface area contributed by atoms with E-state index in [1.165, 1.54) is 4.31 Å². The van der Waals surface area contributed by atoms with Gasteiger partial charge in [-0.25, -0.2) is 13.2 Å². The van der Waals surface area contributed by atoms with Gasteiger partial charge in [0.25, 0.3) is 0 Å². The fraction of sp³-hybridized carbons (Fsp3) is 0.471. The van der Waals surface area contributed by atoms with Gasteiger partial charge in [0.2, 0.25) is 10.0 Å². The first-order valence-corrected chi connectivity index (χ1v) is 9.54. The van der Waals surface area contributed by atoms with Crippen LogP contribution in [0.25, 0.3) is 0 Å². The highest BCUT2D eigenvalue weighted by atomic mass is 32.2. The predicted molar refractivity (Wildman–Crippen MR) is 95.0 cm³/mol. The first kappa shape index (κ1) is 18.1. The Bertz CT molecular complexity index is 738. The number of amides is 2. The molecule has 1 aromatic carbocycles. The lowest BCUT2D eigenvalue weighted by molar-refractivity contribution is 0.236. The van der Waals surface area contributed by atoms with Gasteiger partial charge in [-0.3, -0.25) is 4.31 Å². The second-order valence-corrected chi connectivity index (χ2v) is 8.14. The lowest BCUT2D eigenvalue weighted by Gasteiger charge is -2.19. The third-order valence-corrected chi connectivity index (χ3v) is 5.75. The Kier molecular flexibility index (Phi) is 5.73. The van der Waals surface area contributed by atoms with Crippen LogP contribution >= 0.6 is 0 Å². The summed E-state index contributed by atoms with van der Waals surface area (Å²) in [6.45, 7) is 4.66. The van der Waals surface area contributed by atoms with Crippen LogP contribution in [0.4, 0.5) is 10.5 Å². The molecule has 0 saturated carbocycles. The summed E-state index contributed by atoms with van der Waals surface area (Å²) in [6, 6.07) is 6.50. The van der Waals surface area contributed by atoms with E-state index in [0.717, 1.165) is 5.56 Å². The van der Waals surface area contributed by atoms with Crippen molar-refractivity contribution in [3.05, 3.63) is 29.8 Å². The normalized spacial score (nSPS) is 17.3. The van der Waals surface area contributed by atoms with E-state index < -0.39 is 10.0 Å². The maximum Gasteiger partial charge on any atom is 0.316 e. The van der Waals surface area contributed by atoms with Crippen molar-refractivity contribution in [1.82, 2.24) is 10.6 Å². The minimum atomic E-state index is -3.21. The van der Waals surface area contributed by atoms with Crippen molar-refractivity contribution in [3.63, 3.8) is 0 Å². The van der Waals surface area contributed by atoms with E-state index >= 15 is 0 Å². The number of urea groups is 1. The molecule has 2 rings (SSSR count). The summed E-state index contributed by atoms with van der Waals surface area (Å²) in [5, 5.41) is 5.47. The van der Waals surface area contributed by atoms with Gasteiger partial charge in [0.05, 0.1) is 17.5 Å². The Morgan fingerprint density at radius 2 is 2.17 bits per heavy atom. The molecule has 1 heterocycles. The van der Waals surface area contributed by atoms with Crippen LogP contribution in [-0.2, 0) is 16.6 Å². The molecule has 6 nitrogen and oxygen atoms in total. The van der Waals surface area contributed by atoms with Crippen LogP contribution in [0.5, 0.6) is 0 Å². The highest BCUT2D eigenvalue weighted by Crippen LogP contribution is 2.24. The van der Waals surface area contributed by atoms with Crippen molar-refractivity contribution in [3.8, 4) is 12.3 Å². The lowest BCUT2D eigenvalue weighted by Crippen LogP contribution is -2.43. The van der Waals surface area contributed by atoms with Crippen LogP contribution in [0.1, 0.15) is 25.8 Å². The number of nitrogens with one attached hydrogen (secondary N) is 2. The fourth-order valence-electron chi connectivity index (χ4n) is 2.53. The molecule has 130 valence electrons.